The van der Waals surface area contributed by atoms with Crippen LogP contribution in [0.2, 0.25) is 0 Å². The van der Waals surface area contributed by atoms with E-state index in [-0.39, 0.29) is 53.9 Å². The number of hydrogen-bond donors (Lipinski definition) is 6. The van der Waals surface area contributed by atoms with Crippen molar-refractivity contribution in [1.29, 1.82) is 0 Å². The van der Waals surface area contributed by atoms with Gasteiger partial charge in [-0.2, -0.15) is 0 Å². The van der Waals surface area contributed by atoms with Gasteiger partial charge in [0, 0.05) is 38.3 Å². The molecule has 1 unspecified atom stereocenters. The number of aliphatic hydroxyl groups excluding tert-OH is 1. The highest BCUT2D eigenvalue weighted by Gasteiger charge is 2.25. The molecule has 320 valence electrons. The summed E-state index contributed by atoms with van der Waals surface area (Å²) in [5.74, 6) is 0.601. The number of methoxy groups -OCH3 is 1. The molecule has 0 bridgehead atoms. The third-order valence-corrected chi connectivity index (χ3v) is 6.72. The van der Waals surface area contributed by atoms with Gasteiger partial charge in [-0.15, -0.1) is 0 Å². The van der Waals surface area contributed by atoms with Crippen LogP contribution in [0.1, 0.15) is 149 Å². The Hall–Kier alpha value is -3.12. The zero-order chi connectivity index (χ0) is 43.2. The maximum atomic E-state index is 12.3. The molecule has 0 aliphatic heterocycles. The number of ether oxygens (including phenoxy) is 2. The zero-order valence-electron chi connectivity index (χ0n) is 37.6. The molecule has 0 saturated carbocycles. The number of aliphatic hydroxyl groups is 1. The van der Waals surface area contributed by atoms with Crippen molar-refractivity contribution in [3.63, 3.8) is 0 Å². The molecule has 12 heteroatoms. The van der Waals surface area contributed by atoms with E-state index in [1.54, 1.807) is 14.0 Å². The SMILES string of the molecule is C=C(N[C@@H](CC)C(=O)NC(=C)C(=O)N[C@H](C)CC(C)C)OC(C)(C)C.CC(C)C.CC(C)C[C@H](NC(=O)C(C)CCO)C(=O)NC(C)C.CCCCOC. The fourth-order valence-electron chi connectivity index (χ4n) is 4.33. The monoisotopic (exact) mass is 772 g/mol. The van der Waals surface area contributed by atoms with Crippen molar-refractivity contribution in [2.75, 3.05) is 20.3 Å². The molecule has 0 spiro atoms. The van der Waals surface area contributed by atoms with E-state index in [2.05, 4.69) is 81.3 Å². The maximum absolute atomic E-state index is 12.3. The van der Waals surface area contributed by atoms with E-state index >= 15 is 0 Å². The van der Waals surface area contributed by atoms with Crippen LogP contribution < -0.4 is 26.6 Å². The highest BCUT2D eigenvalue weighted by Crippen LogP contribution is 2.12. The Balaban J connectivity index is -0.000000377. The van der Waals surface area contributed by atoms with Gasteiger partial charge in [-0.25, -0.2) is 0 Å². The van der Waals surface area contributed by atoms with Gasteiger partial charge in [-0.05, 0) is 98.0 Å². The number of rotatable bonds is 21. The van der Waals surface area contributed by atoms with Gasteiger partial charge in [0.25, 0.3) is 5.91 Å². The van der Waals surface area contributed by atoms with Gasteiger partial charge in [-0.1, -0.05) is 82.2 Å². The molecule has 0 aromatic carbocycles. The first-order valence-corrected chi connectivity index (χ1v) is 19.9. The smallest absolute Gasteiger partial charge is 0.267 e. The third kappa shape index (κ3) is 38.6. The predicted octanol–water partition coefficient (Wildman–Crippen LogP) is 6.98. The second kappa shape index (κ2) is 33.2. The van der Waals surface area contributed by atoms with Crippen LogP contribution in [-0.4, -0.2) is 78.8 Å². The molecule has 0 rings (SSSR count). The van der Waals surface area contributed by atoms with Gasteiger partial charge in [0.05, 0.1) is 5.70 Å². The molecule has 0 heterocycles. The number of carbonyl (C=O) groups is 4. The Morgan fingerprint density at radius 2 is 1.24 bits per heavy atom. The lowest BCUT2D eigenvalue weighted by atomic mass is 10.0. The van der Waals surface area contributed by atoms with Crippen LogP contribution in [0.25, 0.3) is 0 Å². The molecule has 0 aromatic rings. The van der Waals surface area contributed by atoms with Crippen molar-refractivity contribution >= 4 is 23.6 Å². The summed E-state index contributed by atoms with van der Waals surface area (Å²) in [7, 11) is 1.73. The Morgan fingerprint density at radius 1 is 0.722 bits per heavy atom. The first-order valence-electron chi connectivity index (χ1n) is 19.9. The number of hydrogen-bond acceptors (Lipinski definition) is 8. The second-order valence-electron chi connectivity index (χ2n) is 16.6. The van der Waals surface area contributed by atoms with Crippen molar-refractivity contribution < 1.29 is 33.8 Å². The zero-order valence-corrected chi connectivity index (χ0v) is 37.6. The lowest BCUT2D eigenvalue weighted by Gasteiger charge is -2.26. The molecule has 0 radical (unpaired) electrons. The Labute approximate surface area is 331 Å². The number of nitrogens with one attached hydrogen (secondary N) is 5. The van der Waals surface area contributed by atoms with Crippen molar-refractivity contribution in [2.24, 2.45) is 23.7 Å². The van der Waals surface area contributed by atoms with Gasteiger partial charge < -0.3 is 41.2 Å². The lowest BCUT2D eigenvalue weighted by molar-refractivity contribution is -0.131. The summed E-state index contributed by atoms with van der Waals surface area (Å²) in [5.41, 5.74) is -0.377. The van der Waals surface area contributed by atoms with E-state index in [1.165, 1.54) is 12.8 Å². The Bertz CT molecular complexity index is 1030. The molecule has 4 atom stereocenters. The summed E-state index contributed by atoms with van der Waals surface area (Å²) in [6.45, 7) is 40.2. The maximum Gasteiger partial charge on any atom is 0.267 e. The van der Waals surface area contributed by atoms with E-state index in [4.69, 9.17) is 14.6 Å². The minimum atomic E-state index is -0.563. The van der Waals surface area contributed by atoms with Crippen LogP contribution >= 0.6 is 0 Å². The van der Waals surface area contributed by atoms with Crippen molar-refractivity contribution in [2.45, 2.75) is 179 Å². The molecule has 0 saturated heterocycles. The summed E-state index contributed by atoms with van der Waals surface area (Å²) < 4.78 is 10.4. The molecule has 6 N–H and O–H groups in total. The van der Waals surface area contributed by atoms with Crippen molar-refractivity contribution in [1.82, 2.24) is 26.6 Å². The van der Waals surface area contributed by atoms with Gasteiger partial charge in [-0.3, -0.25) is 19.2 Å². The molecule has 0 aliphatic rings. The van der Waals surface area contributed by atoms with Crippen LogP contribution in [0.4, 0.5) is 0 Å². The van der Waals surface area contributed by atoms with Gasteiger partial charge in [0.2, 0.25) is 17.7 Å². The third-order valence-electron chi connectivity index (χ3n) is 6.72. The summed E-state index contributed by atoms with van der Waals surface area (Å²) in [6, 6.07) is -1.00. The number of amides is 4. The van der Waals surface area contributed by atoms with Crippen LogP contribution in [0.5, 0.6) is 0 Å². The van der Waals surface area contributed by atoms with Gasteiger partial charge in [0.1, 0.15) is 17.7 Å². The van der Waals surface area contributed by atoms with Crippen molar-refractivity contribution in [3.05, 3.63) is 24.7 Å². The quantitative estimate of drug-likeness (QED) is 0.0413. The highest BCUT2D eigenvalue weighted by atomic mass is 16.5. The lowest BCUT2D eigenvalue weighted by Crippen LogP contribution is -2.50. The normalized spacial score (nSPS) is 13.0. The van der Waals surface area contributed by atoms with E-state index in [1.807, 2.05) is 62.3 Å². The van der Waals surface area contributed by atoms with Crippen molar-refractivity contribution in [3.8, 4) is 0 Å². The van der Waals surface area contributed by atoms with E-state index < -0.39 is 17.7 Å². The highest BCUT2D eigenvalue weighted by molar-refractivity contribution is 5.98. The fraction of sp³-hybridized carbons (Fsp3) is 0.810. The average molecular weight is 772 g/mol. The summed E-state index contributed by atoms with van der Waals surface area (Å²) >= 11 is 0. The summed E-state index contributed by atoms with van der Waals surface area (Å²) in [6.07, 6.45) is 4.81. The topological polar surface area (TPSA) is 167 Å². The largest absolute Gasteiger partial charge is 0.474 e. The molecule has 0 fully saturated rings. The molecular formula is C42H85N5O7. The first kappa shape index (κ1) is 57.6. The minimum absolute atomic E-state index is 0.0150. The van der Waals surface area contributed by atoms with Gasteiger partial charge >= 0.3 is 0 Å². The standard InChI is InChI=1S/C19H35N3O3.C14H28N2O3.C5H12O.C4H10/c1-10-16(22-15(6)25-19(7,8)9)18(24)21-14(5)17(23)20-13(4)11-12(2)3;1-9(2)8-12(14(19)15-10(3)4)16-13(18)11(5)6-7-17;1-3-4-5-6-2;1-4(2)3/h12-13,16,22H,5-6,10-11H2,1-4,7-9H3,(H,20,23)(H,21,24);9-12,17H,6-8H2,1-5H3,(H,15,19)(H,16,18);3-5H2,1-2H3;4H,1-3H3/t13-,16+;11?,12-;;/m10../s1. The predicted molar refractivity (Wildman–Crippen MR) is 224 cm³/mol. The van der Waals surface area contributed by atoms with Gasteiger partial charge in [0.15, 0.2) is 5.88 Å². The van der Waals surface area contributed by atoms with Crippen LogP contribution in [-0.2, 0) is 28.7 Å². The Morgan fingerprint density at radius 3 is 1.61 bits per heavy atom. The average Bonchev–Trinajstić information content (AvgIpc) is 3.00. The molecular weight excluding hydrogens is 686 g/mol. The number of carbonyl (C=O) groups excluding carboxylic acids is 4. The van der Waals surface area contributed by atoms with E-state index in [0.29, 0.717) is 37.0 Å². The summed E-state index contributed by atoms with van der Waals surface area (Å²) in [4.78, 5) is 48.4. The molecule has 54 heavy (non-hydrogen) atoms. The second-order valence-corrected chi connectivity index (χ2v) is 16.6. The molecule has 4 amide bonds. The fourth-order valence-corrected chi connectivity index (χ4v) is 4.33. The van der Waals surface area contributed by atoms with E-state index in [9.17, 15) is 19.2 Å². The number of unbranched alkanes of at least 4 members (excludes halogenated alkanes) is 1. The molecule has 12 nitrogen and oxygen atoms in total. The minimum Gasteiger partial charge on any atom is -0.474 e. The first-order chi connectivity index (χ1) is 24.8. The van der Waals surface area contributed by atoms with Crippen LogP contribution in [0.3, 0.4) is 0 Å². The Kier molecular flexibility index (Phi) is 35.5. The van der Waals surface area contributed by atoms with Crippen LogP contribution in [0.15, 0.2) is 24.7 Å². The summed E-state index contributed by atoms with van der Waals surface area (Å²) in [5, 5.41) is 22.7. The van der Waals surface area contributed by atoms with E-state index in [0.717, 1.165) is 18.9 Å². The van der Waals surface area contributed by atoms with Crippen LogP contribution in [0, 0.1) is 23.7 Å². The molecule has 0 aromatic heterocycles. The molecule has 0 aliphatic carbocycles.